The van der Waals surface area contributed by atoms with E-state index in [0.717, 1.165) is 33.8 Å². The Kier molecular flexibility index (Phi) is 6.55. The Balaban J connectivity index is 0.000000277. The molecule has 0 radical (unpaired) electrons. The van der Waals surface area contributed by atoms with Gasteiger partial charge in [0.15, 0.2) is 6.54 Å². The molecule has 1 aromatic heterocycles. The van der Waals surface area contributed by atoms with Crippen LogP contribution in [0.1, 0.15) is 13.8 Å². The van der Waals surface area contributed by atoms with Crippen molar-refractivity contribution < 1.29 is 26.4 Å². The van der Waals surface area contributed by atoms with Crippen molar-refractivity contribution in [3.63, 3.8) is 0 Å². The molecule has 0 aliphatic heterocycles. The topological polar surface area (TPSA) is 83.5 Å². The first-order chi connectivity index (χ1) is 11.9. The zero-order chi connectivity index (χ0) is 18.4. The summed E-state index contributed by atoms with van der Waals surface area (Å²) in [6.07, 6.45) is 0. The third kappa shape index (κ3) is 5.27. The van der Waals surface area contributed by atoms with E-state index in [-0.39, 0.29) is 6.61 Å². The molecule has 0 aliphatic carbocycles. The van der Waals surface area contributed by atoms with E-state index < -0.39 is 10.4 Å². The number of benzene rings is 2. The zero-order valence-corrected chi connectivity index (χ0v) is 15.4. The number of aryl methyl sites for hydroxylation is 1. The van der Waals surface area contributed by atoms with Crippen molar-refractivity contribution in [3.8, 4) is 11.3 Å². The van der Waals surface area contributed by atoms with Crippen LogP contribution in [0.5, 0.6) is 0 Å². The fourth-order valence-electron chi connectivity index (χ4n) is 2.29. The van der Waals surface area contributed by atoms with Crippen LogP contribution in [0.25, 0.3) is 22.2 Å². The van der Waals surface area contributed by atoms with Gasteiger partial charge in [-0.05, 0) is 30.7 Å². The Labute approximate surface area is 151 Å². The standard InChI is InChI=1S/C15H13ClNO.C2H6O4S/c1-2-17-14-9-8-12(16)10-13(14)15(18-17)11-6-4-3-5-7-11;1-2-6-7(3,4)5/h3-10H,2H2,1H3;2H2,1H3,(H,3,4,5)/q+1;/p-1. The molecule has 134 valence electrons. The predicted octanol–water partition coefficient (Wildman–Crippen LogP) is 3.54. The minimum atomic E-state index is -4.42. The van der Waals surface area contributed by atoms with Crippen molar-refractivity contribution in [2.45, 2.75) is 20.4 Å². The zero-order valence-electron chi connectivity index (χ0n) is 13.8. The predicted molar refractivity (Wildman–Crippen MR) is 93.9 cm³/mol. The first kappa shape index (κ1) is 19.4. The maximum atomic E-state index is 9.45. The summed E-state index contributed by atoms with van der Waals surface area (Å²) in [5.41, 5.74) is 2.14. The SMILES string of the molecule is CCOS(=O)(=O)[O-].CC[n+]1oc(-c2ccccc2)c2cc(Cl)ccc21. The molecule has 8 heteroatoms. The van der Waals surface area contributed by atoms with Gasteiger partial charge in [0.25, 0.3) is 5.52 Å². The summed E-state index contributed by atoms with van der Waals surface area (Å²) in [5.74, 6) is 0.870. The molecule has 0 saturated heterocycles. The van der Waals surface area contributed by atoms with E-state index in [0.29, 0.717) is 0 Å². The largest absolute Gasteiger partial charge is 0.726 e. The maximum Gasteiger partial charge on any atom is 0.262 e. The highest BCUT2D eigenvalue weighted by molar-refractivity contribution is 7.80. The van der Waals surface area contributed by atoms with Crippen LogP contribution in [0.2, 0.25) is 5.02 Å². The van der Waals surface area contributed by atoms with E-state index >= 15 is 0 Å². The van der Waals surface area contributed by atoms with Crippen molar-refractivity contribution in [2.24, 2.45) is 0 Å². The molecule has 0 unspecified atom stereocenters. The average molecular weight is 384 g/mol. The fraction of sp³-hybridized carbons (Fsp3) is 0.235. The van der Waals surface area contributed by atoms with Crippen LogP contribution in [0.15, 0.2) is 53.1 Å². The molecule has 3 rings (SSSR count). The highest BCUT2D eigenvalue weighted by Crippen LogP contribution is 2.29. The minimum Gasteiger partial charge on any atom is -0.726 e. The second-order valence-electron chi connectivity index (χ2n) is 4.96. The molecule has 0 amide bonds. The number of fused-ring (bicyclic) bond motifs is 1. The van der Waals surface area contributed by atoms with Gasteiger partial charge >= 0.3 is 0 Å². The molecule has 0 atom stereocenters. The van der Waals surface area contributed by atoms with E-state index in [1.165, 1.54) is 6.92 Å². The number of hydrogen-bond acceptors (Lipinski definition) is 5. The van der Waals surface area contributed by atoms with Crippen LogP contribution >= 0.6 is 11.6 Å². The van der Waals surface area contributed by atoms with Gasteiger partial charge in [-0.1, -0.05) is 41.9 Å². The van der Waals surface area contributed by atoms with Gasteiger partial charge in [0, 0.05) is 16.7 Å². The molecule has 0 bridgehead atoms. The summed E-state index contributed by atoms with van der Waals surface area (Å²) in [6.45, 7) is 4.19. The Morgan fingerprint density at radius 2 is 1.84 bits per heavy atom. The van der Waals surface area contributed by atoms with E-state index in [9.17, 15) is 13.0 Å². The number of halogens is 1. The molecular formula is C17H18ClNO5S. The van der Waals surface area contributed by atoms with Gasteiger partial charge in [-0.25, -0.2) is 12.9 Å². The normalized spacial score (nSPS) is 11.2. The van der Waals surface area contributed by atoms with Crippen molar-refractivity contribution in [1.29, 1.82) is 0 Å². The molecule has 0 spiro atoms. The number of rotatable bonds is 4. The summed E-state index contributed by atoms with van der Waals surface area (Å²) in [4.78, 5) is 0. The van der Waals surface area contributed by atoms with E-state index in [4.69, 9.17) is 16.1 Å². The minimum absolute atomic E-state index is 0.0914. The lowest BCUT2D eigenvalue weighted by Gasteiger charge is -2.02. The van der Waals surface area contributed by atoms with Crippen LogP contribution in [0.3, 0.4) is 0 Å². The van der Waals surface area contributed by atoms with Crippen molar-refractivity contribution in [1.82, 2.24) is 0 Å². The van der Waals surface area contributed by atoms with Gasteiger partial charge in [0.1, 0.15) is 5.39 Å². The van der Waals surface area contributed by atoms with Crippen LogP contribution in [0, 0.1) is 0 Å². The van der Waals surface area contributed by atoms with E-state index in [1.54, 1.807) is 0 Å². The summed E-state index contributed by atoms with van der Waals surface area (Å²) < 4.78 is 39.8. The van der Waals surface area contributed by atoms with Crippen molar-refractivity contribution in [3.05, 3.63) is 53.6 Å². The first-order valence-electron chi connectivity index (χ1n) is 7.63. The summed E-state index contributed by atoms with van der Waals surface area (Å²) in [5, 5.41) is 1.78. The Bertz CT molecular complexity index is 938. The van der Waals surface area contributed by atoms with Gasteiger partial charge in [-0.15, -0.1) is 0 Å². The Morgan fingerprint density at radius 3 is 2.36 bits per heavy atom. The molecule has 2 aromatic carbocycles. The average Bonchev–Trinajstić information content (AvgIpc) is 2.93. The molecule has 0 aliphatic rings. The van der Waals surface area contributed by atoms with Crippen molar-refractivity contribution in [2.75, 3.05) is 6.61 Å². The van der Waals surface area contributed by atoms with Gasteiger partial charge in [-0.3, -0.25) is 4.18 Å². The molecule has 25 heavy (non-hydrogen) atoms. The number of aromatic nitrogens is 1. The smallest absolute Gasteiger partial charge is 0.262 e. The first-order valence-corrected chi connectivity index (χ1v) is 9.35. The molecule has 3 aromatic rings. The molecular weight excluding hydrogens is 366 g/mol. The Morgan fingerprint density at radius 1 is 1.16 bits per heavy atom. The van der Waals surface area contributed by atoms with Crippen LogP contribution in [-0.4, -0.2) is 19.6 Å². The monoisotopic (exact) mass is 383 g/mol. The lowest BCUT2D eigenvalue weighted by molar-refractivity contribution is -0.839. The number of nitrogens with zero attached hydrogens (tertiary/aromatic N) is 1. The number of hydrogen-bond donors (Lipinski definition) is 0. The van der Waals surface area contributed by atoms with Gasteiger partial charge in [0.05, 0.1) is 6.61 Å². The molecule has 0 N–H and O–H groups in total. The third-order valence-corrected chi connectivity index (χ3v) is 4.02. The second kappa shape index (κ2) is 8.44. The van der Waals surface area contributed by atoms with E-state index in [1.807, 2.05) is 53.3 Å². The molecule has 0 fully saturated rings. The highest BCUT2D eigenvalue weighted by Gasteiger charge is 2.20. The van der Waals surface area contributed by atoms with Crippen LogP contribution in [-0.2, 0) is 21.1 Å². The van der Waals surface area contributed by atoms with Gasteiger partial charge in [0.2, 0.25) is 16.2 Å². The molecule has 1 heterocycles. The Hall–Kier alpha value is -1.93. The fourth-order valence-corrected chi connectivity index (χ4v) is 2.75. The molecule has 6 nitrogen and oxygen atoms in total. The van der Waals surface area contributed by atoms with Crippen LogP contribution in [0.4, 0.5) is 0 Å². The lowest BCUT2D eigenvalue weighted by Crippen LogP contribution is -2.29. The second-order valence-corrected chi connectivity index (χ2v) is 6.45. The lowest BCUT2D eigenvalue weighted by atomic mass is 10.1. The summed E-state index contributed by atoms with van der Waals surface area (Å²) in [7, 11) is -4.42. The summed E-state index contributed by atoms with van der Waals surface area (Å²) in [6, 6.07) is 15.9. The van der Waals surface area contributed by atoms with Gasteiger partial charge < -0.3 is 4.55 Å². The van der Waals surface area contributed by atoms with Crippen LogP contribution < -0.4 is 4.74 Å². The van der Waals surface area contributed by atoms with Gasteiger partial charge in [-0.2, -0.15) is 0 Å². The van der Waals surface area contributed by atoms with E-state index in [2.05, 4.69) is 11.1 Å². The third-order valence-electron chi connectivity index (χ3n) is 3.26. The quantitative estimate of drug-likeness (QED) is 0.391. The van der Waals surface area contributed by atoms with Crippen molar-refractivity contribution >= 4 is 32.9 Å². The molecule has 0 saturated carbocycles. The summed E-state index contributed by atoms with van der Waals surface area (Å²) >= 11 is 6.08. The highest BCUT2D eigenvalue weighted by atomic mass is 35.5. The maximum absolute atomic E-state index is 9.45.